The molecule has 0 aliphatic rings. The average Bonchev–Trinajstić information content (AvgIpc) is 2.19. The van der Waals surface area contributed by atoms with E-state index in [1.54, 1.807) is 0 Å². The van der Waals surface area contributed by atoms with Gasteiger partial charge in [0, 0.05) is 6.07 Å². The van der Waals surface area contributed by atoms with Crippen LogP contribution >= 0.6 is 11.6 Å². The van der Waals surface area contributed by atoms with Gasteiger partial charge in [0.25, 0.3) is 6.43 Å². The van der Waals surface area contributed by atoms with Gasteiger partial charge in [-0.25, -0.2) is 13.8 Å². The van der Waals surface area contributed by atoms with E-state index in [0.717, 1.165) is 0 Å². The van der Waals surface area contributed by atoms with E-state index < -0.39 is 24.5 Å². The Labute approximate surface area is 94.8 Å². The van der Waals surface area contributed by atoms with Crippen LogP contribution in [0.25, 0.3) is 0 Å². The molecule has 7 heteroatoms. The van der Waals surface area contributed by atoms with E-state index in [1.165, 1.54) is 13.2 Å². The van der Waals surface area contributed by atoms with Crippen LogP contribution in [-0.2, 0) is 11.2 Å². The number of carbonyl (C=O) groups is 1. The number of alkyl halides is 2. The lowest BCUT2D eigenvalue weighted by atomic mass is 10.2. The molecule has 0 amide bonds. The van der Waals surface area contributed by atoms with E-state index >= 15 is 0 Å². The normalized spacial score (nSPS) is 10.6. The molecule has 0 aromatic carbocycles. The third-order valence-corrected chi connectivity index (χ3v) is 2.14. The standard InChI is InChI=1S/C9H8ClF2NO3/c1-16-5-2-4(3-6(14)15)13-8(7(5)10)9(11)12/h2,9H,3H2,1H3,(H,14,15). The van der Waals surface area contributed by atoms with E-state index in [-0.39, 0.29) is 16.5 Å². The predicted molar refractivity (Wildman–Crippen MR) is 52.1 cm³/mol. The second kappa shape index (κ2) is 5.07. The minimum Gasteiger partial charge on any atom is -0.495 e. The number of aromatic nitrogens is 1. The largest absolute Gasteiger partial charge is 0.495 e. The Morgan fingerprint density at radius 1 is 1.69 bits per heavy atom. The van der Waals surface area contributed by atoms with Gasteiger partial charge in [-0.2, -0.15) is 0 Å². The first-order valence-corrected chi connectivity index (χ1v) is 4.56. The fourth-order valence-corrected chi connectivity index (χ4v) is 1.37. The average molecular weight is 252 g/mol. The molecule has 1 aromatic heterocycles. The Kier molecular flexibility index (Phi) is 4.00. The summed E-state index contributed by atoms with van der Waals surface area (Å²) < 4.78 is 29.8. The van der Waals surface area contributed by atoms with Crippen LogP contribution in [0, 0.1) is 0 Å². The summed E-state index contributed by atoms with van der Waals surface area (Å²) in [5, 5.41) is 8.23. The molecule has 0 unspecified atom stereocenters. The Morgan fingerprint density at radius 2 is 2.31 bits per heavy atom. The lowest BCUT2D eigenvalue weighted by Crippen LogP contribution is -2.06. The summed E-state index contributed by atoms with van der Waals surface area (Å²) in [6, 6.07) is 1.22. The van der Waals surface area contributed by atoms with Crippen molar-refractivity contribution >= 4 is 17.6 Å². The molecule has 4 nitrogen and oxygen atoms in total. The van der Waals surface area contributed by atoms with Crippen molar-refractivity contribution in [3.8, 4) is 5.75 Å². The van der Waals surface area contributed by atoms with Crippen LogP contribution < -0.4 is 4.74 Å². The molecule has 0 aliphatic heterocycles. The number of carboxylic acid groups (broad SMARTS) is 1. The van der Waals surface area contributed by atoms with Crippen LogP contribution in [0.4, 0.5) is 8.78 Å². The molecule has 0 spiro atoms. The van der Waals surface area contributed by atoms with Crippen molar-refractivity contribution in [1.29, 1.82) is 0 Å². The maximum Gasteiger partial charge on any atom is 0.309 e. The van der Waals surface area contributed by atoms with E-state index in [9.17, 15) is 13.6 Å². The second-order valence-electron chi connectivity index (χ2n) is 2.89. The summed E-state index contributed by atoms with van der Waals surface area (Å²) in [6.45, 7) is 0. The van der Waals surface area contributed by atoms with Gasteiger partial charge in [-0.1, -0.05) is 11.6 Å². The molecule has 1 rings (SSSR count). The van der Waals surface area contributed by atoms with Gasteiger partial charge < -0.3 is 9.84 Å². The summed E-state index contributed by atoms with van der Waals surface area (Å²) in [7, 11) is 1.25. The minimum absolute atomic E-state index is 0.0109. The number of rotatable bonds is 4. The topological polar surface area (TPSA) is 59.4 Å². The number of nitrogens with zero attached hydrogens (tertiary/aromatic N) is 1. The number of carboxylic acids is 1. The third kappa shape index (κ3) is 2.79. The van der Waals surface area contributed by atoms with E-state index in [1.807, 2.05) is 0 Å². The van der Waals surface area contributed by atoms with Crippen molar-refractivity contribution in [2.24, 2.45) is 0 Å². The molecule has 88 valence electrons. The highest BCUT2D eigenvalue weighted by molar-refractivity contribution is 6.32. The first kappa shape index (κ1) is 12.6. The van der Waals surface area contributed by atoms with Crippen LogP contribution in [0.2, 0.25) is 5.02 Å². The molecule has 0 aliphatic carbocycles. The molecule has 0 saturated heterocycles. The quantitative estimate of drug-likeness (QED) is 0.892. The zero-order valence-corrected chi connectivity index (χ0v) is 8.96. The van der Waals surface area contributed by atoms with Crippen molar-refractivity contribution < 1.29 is 23.4 Å². The Hall–Kier alpha value is -1.43. The van der Waals surface area contributed by atoms with Crippen LogP contribution in [0.1, 0.15) is 17.8 Å². The highest BCUT2D eigenvalue weighted by Crippen LogP contribution is 2.33. The van der Waals surface area contributed by atoms with Gasteiger partial charge in [0.05, 0.1) is 19.2 Å². The summed E-state index contributed by atoms with van der Waals surface area (Å²) >= 11 is 5.60. The summed E-state index contributed by atoms with van der Waals surface area (Å²) in [6.07, 6.45) is -3.34. The monoisotopic (exact) mass is 251 g/mol. The maximum atomic E-state index is 12.5. The zero-order valence-electron chi connectivity index (χ0n) is 8.21. The van der Waals surface area contributed by atoms with Gasteiger partial charge in [0.1, 0.15) is 16.5 Å². The van der Waals surface area contributed by atoms with Crippen molar-refractivity contribution in [2.75, 3.05) is 7.11 Å². The summed E-state index contributed by atoms with van der Waals surface area (Å²) in [5.74, 6) is -1.18. The van der Waals surface area contributed by atoms with E-state index in [0.29, 0.717) is 0 Å². The fourth-order valence-electron chi connectivity index (χ4n) is 1.12. The van der Waals surface area contributed by atoms with Gasteiger partial charge >= 0.3 is 5.97 Å². The Bertz CT molecular complexity index is 412. The molecule has 16 heavy (non-hydrogen) atoms. The first-order chi connectivity index (χ1) is 7.45. The minimum atomic E-state index is -2.88. The third-order valence-electron chi connectivity index (χ3n) is 1.76. The van der Waals surface area contributed by atoms with Crippen LogP contribution in [0.15, 0.2) is 6.07 Å². The Balaban J connectivity index is 3.22. The predicted octanol–water partition coefficient (Wildman–Crippen LogP) is 2.31. The number of methoxy groups -OCH3 is 1. The molecular formula is C9H8ClF2NO3. The van der Waals surface area contributed by atoms with Gasteiger partial charge in [-0.3, -0.25) is 4.79 Å². The molecule has 0 bridgehead atoms. The number of pyridine rings is 1. The van der Waals surface area contributed by atoms with E-state index in [2.05, 4.69) is 4.98 Å². The summed E-state index contributed by atoms with van der Waals surface area (Å²) in [5.41, 5.74) is -0.693. The first-order valence-electron chi connectivity index (χ1n) is 4.19. The highest BCUT2D eigenvalue weighted by atomic mass is 35.5. The van der Waals surface area contributed by atoms with Crippen LogP contribution in [-0.4, -0.2) is 23.2 Å². The summed E-state index contributed by atoms with van der Waals surface area (Å²) in [4.78, 5) is 13.9. The van der Waals surface area contributed by atoms with Crippen molar-refractivity contribution in [3.63, 3.8) is 0 Å². The molecule has 1 aromatic rings. The second-order valence-corrected chi connectivity index (χ2v) is 3.26. The molecule has 0 saturated carbocycles. The number of halogens is 3. The number of aliphatic carboxylic acids is 1. The van der Waals surface area contributed by atoms with Gasteiger partial charge in [0.15, 0.2) is 0 Å². The smallest absolute Gasteiger partial charge is 0.309 e. The molecule has 1 N–H and O–H groups in total. The van der Waals surface area contributed by atoms with Crippen molar-refractivity contribution in [1.82, 2.24) is 4.98 Å². The molecule has 0 atom stereocenters. The Morgan fingerprint density at radius 3 is 2.75 bits per heavy atom. The number of ether oxygens (including phenoxy) is 1. The van der Waals surface area contributed by atoms with Gasteiger partial charge in [-0.05, 0) is 0 Å². The molecular weight excluding hydrogens is 244 g/mol. The van der Waals surface area contributed by atoms with Crippen LogP contribution in [0.3, 0.4) is 0 Å². The van der Waals surface area contributed by atoms with Crippen molar-refractivity contribution in [2.45, 2.75) is 12.8 Å². The number of hydrogen-bond acceptors (Lipinski definition) is 3. The van der Waals surface area contributed by atoms with Gasteiger partial charge in [0.2, 0.25) is 0 Å². The fraction of sp³-hybridized carbons (Fsp3) is 0.333. The zero-order chi connectivity index (χ0) is 12.3. The lowest BCUT2D eigenvalue weighted by molar-refractivity contribution is -0.136. The maximum absolute atomic E-state index is 12.5. The van der Waals surface area contributed by atoms with E-state index in [4.69, 9.17) is 21.4 Å². The molecule has 1 heterocycles. The van der Waals surface area contributed by atoms with Crippen LogP contribution in [0.5, 0.6) is 5.75 Å². The molecule has 0 fully saturated rings. The highest BCUT2D eigenvalue weighted by Gasteiger charge is 2.20. The number of hydrogen-bond donors (Lipinski definition) is 1. The molecule has 0 radical (unpaired) electrons. The lowest BCUT2D eigenvalue weighted by Gasteiger charge is -2.09. The van der Waals surface area contributed by atoms with Crippen molar-refractivity contribution in [3.05, 3.63) is 22.5 Å². The van der Waals surface area contributed by atoms with Gasteiger partial charge in [-0.15, -0.1) is 0 Å². The SMILES string of the molecule is COc1cc(CC(=O)O)nc(C(F)F)c1Cl.